The van der Waals surface area contributed by atoms with Crippen molar-refractivity contribution in [3.05, 3.63) is 36.2 Å². The van der Waals surface area contributed by atoms with Gasteiger partial charge in [0.15, 0.2) is 28.5 Å². The lowest BCUT2D eigenvalue weighted by atomic mass is 10.2. The first kappa shape index (κ1) is 18.4. The Morgan fingerprint density at radius 2 is 2.21 bits per heavy atom. The molecule has 0 spiro atoms. The van der Waals surface area contributed by atoms with Crippen molar-refractivity contribution in [2.45, 2.75) is 38.5 Å². The summed E-state index contributed by atoms with van der Waals surface area (Å²) in [6, 6.07) is 5.05. The van der Waals surface area contributed by atoms with E-state index in [1.165, 1.54) is 7.11 Å². The number of aromatic hydroxyl groups is 1. The van der Waals surface area contributed by atoms with Gasteiger partial charge in [0.2, 0.25) is 0 Å². The van der Waals surface area contributed by atoms with E-state index in [-0.39, 0.29) is 12.0 Å². The minimum Gasteiger partial charge on any atom is -0.504 e. The van der Waals surface area contributed by atoms with Gasteiger partial charge in [-0.2, -0.15) is 14.4 Å². The van der Waals surface area contributed by atoms with Crippen molar-refractivity contribution < 1.29 is 19.0 Å². The van der Waals surface area contributed by atoms with E-state index in [1.54, 1.807) is 29.1 Å². The highest BCUT2D eigenvalue weighted by Gasteiger charge is 2.20. The summed E-state index contributed by atoms with van der Waals surface area (Å²) in [6.45, 7) is 1.000. The number of ether oxygens (including phenoxy) is 2. The Morgan fingerprint density at radius 1 is 1.32 bits per heavy atom. The molecule has 1 saturated heterocycles. The van der Waals surface area contributed by atoms with E-state index < -0.39 is 6.08 Å². The van der Waals surface area contributed by atoms with Gasteiger partial charge in [0, 0.05) is 13.2 Å². The predicted molar refractivity (Wildman–Crippen MR) is 101 cm³/mol. The van der Waals surface area contributed by atoms with Crippen molar-refractivity contribution >= 4 is 17.0 Å². The molecule has 0 radical (unpaired) electrons. The molecule has 9 heteroatoms. The number of phenols is 1. The number of methoxy groups -OCH3 is 1. The second-order valence-electron chi connectivity index (χ2n) is 6.70. The van der Waals surface area contributed by atoms with E-state index >= 15 is 0 Å². The fraction of sp³-hybridized carbons (Fsp3) is 0.421. The summed E-state index contributed by atoms with van der Waals surface area (Å²) in [5, 5.41) is 13.0. The van der Waals surface area contributed by atoms with Crippen LogP contribution in [0.3, 0.4) is 0 Å². The first-order valence-corrected chi connectivity index (χ1v) is 9.27. The smallest absolute Gasteiger partial charge is 0.312 e. The van der Waals surface area contributed by atoms with Gasteiger partial charge in [0.1, 0.15) is 6.23 Å². The maximum atomic E-state index is 14.1. The molecule has 0 saturated carbocycles. The zero-order chi connectivity index (χ0) is 19.5. The molecule has 1 aliphatic rings. The molecule has 3 aromatic rings. The zero-order valence-electron chi connectivity index (χ0n) is 15.6. The van der Waals surface area contributed by atoms with E-state index in [0.29, 0.717) is 35.9 Å². The number of rotatable bonds is 5. The Hall–Kier alpha value is -2.94. The van der Waals surface area contributed by atoms with Gasteiger partial charge in [0.05, 0.1) is 13.4 Å². The summed E-state index contributed by atoms with van der Waals surface area (Å²) in [4.78, 5) is 12.2. The van der Waals surface area contributed by atoms with Crippen LogP contribution in [0.25, 0.3) is 11.2 Å². The fourth-order valence-electron chi connectivity index (χ4n) is 3.38. The molecule has 0 amide bonds. The molecule has 1 unspecified atom stereocenters. The van der Waals surface area contributed by atoms with Gasteiger partial charge in [-0.1, -0.05) is 12.5 Å². The molecule has 4 rings (SSSR count). The van der Waals surface area contributed by atoms with Gasteiger partial charge in [-0.25, -0.2) is 4.98 Å². The van der Waals surface area contributed by atoms with Gasteiger partial charge in [-0.15, -0.1) is 0 Å². The summed E-state index contributed by atoms with van der Waals surface area (Å²) in [7, 11) is 1.49. The van der Waals surface area contributed by atoms with Gasteiger partial charge in [0.25, 0.3) is 0 Å². The molecule has 2 aromatic heterocycles. The summed E-state index contributed by atoms with van der Waals surface area (Å²) in [6.07, 6.45) is 4.62. The van der Waals surface area contributed by atoms with E-state index in [0.717, 1.165) is 31.2 Å². The molecule has 8 nitrogen and oxygen atoms in total. The first-order valence-electron chi connectivity index (χ1n) is 9.27. The Kier molecular flexibility index (Phi) is 5.25. The lowest BCUT2D eigenvalue weighted by molar-refractivity contribution is 0.00928. The summed E-state index contributed by atoms with van der Waals surface area (Å²) in [5.74, 6) is 0.724. The van der Waals surface area contributed by atoms with Crippen molar-refractivity contribution in [2.24, 2.45) is 0 Å². The van der Waals surface area contributed by atoms with Crippen molar-refractivity contribution in [3.63, 3.8) is 0 Å². The molecule has 0 aliphatic carbocycles. The van der Waals surface area contributed by atoms with E-state index in [9.17, 15) is 9.50 Å². The number of nitrogens with zero attached hydrogens (tertiary/aromatic N) is 4. The van der Waals surface area contributed by atoms with E-state index in [2.05, 4.69) is 20.3 Å². The highest BCUT2D eigenvalue weighted by molar-refractivity contribution is 5.82. The highest BCUT2D eigenvalue weighted by atomic mass is 19.1. The van der Waals surface area contributed by atoms with Gasteiger partial charge >= 0.3 is 6.08 Å². The normalized spacial score (nSPS) is 17.4. The average Bonchev–Trinajstić information content (AvgIpc) is 2.92. The maximum Gasteiger partial charge on any atom is 0.312 e. The van der Waals surface area contributed by atoms with Crippen LogP contribution in [0, 0.1) is 6.08 Å². The quantitative estimate of drug-likeness (QED) is 0.648. The molecule has 3 heterocycles. The van der Waals surface area contributed by atoms with Crippen LogP contribution in [0.5, 0.6) is 11.5 Å². The van der Waals surface area contributed by atoms with Crippen molar-refractivity contribution in [1.82, 2.24) is 19.5 Å². The minimum absolute atomic E-state index is 0.0376. The number of nitrogens with one attached hydrogen (secondary N) is 1. The number of aromatic nitrogens is 4. The molecule has 148 valence electrons. The van der Waals surface area contributed by atoms with Crippen LogP contribution >= 0.6 is 0 Å². The first-order chi connectivity index (χ1) is 13.7. The molecule has 1 aliphatic heterocycles. The van der Waals surface area contributed by atoms with E-state index in [4.69, 9.17) is 9.47 Å². The van der Waals surface area contributed by atoms with Gasteiger partial charge in [-0.3, -0.25) is 4.57 Å². The standard InChI is InChI=1S/C19H22FN5O3/c1-27-14-7-6-12(9-13(14)26)10-21-17-16-18(24-19(20)23-17)25(11-22-16)15-5-3-2-4-8-28-15/h6-7,9,11,15,26H,2-5,8,10H2,1H3,(H,21,23,24). The summed E-state index contributed by atoms with van der Waals surface area (Å²) < 4.78 is 26.8. The third-order valence-corrected chi connectivity index (χ3v) is 4.81. The predicted octanol–water partition coefficient (Wildman–Crippen LogP) is 3.38. The Morgan fingerprint density at radius 3 is 3.04 bits per heavy atom. The SMILES string of the molecule is COc1ccc(CNc2nc(F)nc3c2ncn3C2CCCCCO2)cc1O. The Bertz CT molecular complexity index is 970. The molecule has 1 fully saturated rings. The Labute approximate surface area is 161 Å². The molecular formula is C19H22FN5O3. The average molecular weight is 387 g/mol. The van der Waals surface area contributed by atoms with Crippen molar-refractivity contribution in [2.75, 3.05) is 19.0 Å². The number of imidazole rings is 1. The van der Waals surface area contributed by atoms with Crippen LogP contribution in [-0.2, 0) is 11.3 Å². The molecule has 28 heavy (non-hydrogen) atoms. The van der Waals surface area contributed by atoms with Crippen LogP contribution in [0.1, 0.15) is 37.5 Å². The van der Waals surface area contributed by atoms with Crippen LogP contribution in [-0.4, -0.2) is 38.3 Å². The summed E-state index contributed by atoms with van der Waals surface area (Å²) in [5.41, 5.74) is 1.67. The topological polar surface area (TPSA) is 94.3 Å². The number of hydrogen-bond donors (Lipinski definition) is 2. The van der Waals surface area contributed by atoms with Crippen LogP contribution in [0.2, 0.25) is 0 Å². The molecule has 1 atom stereocenters. The minimum atomic E-state index is -0.831. The van der Waals surface area contributed by atoms with E-state index in [1.807, 2.05) is 0 Å². The number of benzene rings is 1. The lowest BCUT2D eigenvalue weighted by Gasteiger charge is -2.17. The number of phenolic OH excluding ortho intramolecular Hbond substituents is 1. The second-order valence-corrected chi connectivity index (χ2v) is 6.70. The monoisotopic (exact) mass is 387 g/mol. The van der Waals surface area contributed by atoms with Crippen molar-refractivity contribution in [1.29, 1.82) is 0 Å². The zero-order valence-corrected chi connectivity index (χ0v) is 15.6. The van der Waals surface area contributed by atoms with Crippen LogP contribution < -0.4 is 10.1 Å². The number of halogens is 1. The third kappa shape index (κ3) is 3.70. The number of fused-ring (bicyclic) bond motifs is 1. The number of anilines is 1. The fourth-order valence-corrected chi connectivity index (χ4v) is 3.38. The van der Waals surface area contributed by atoms with Crippen molar-refractivity contribution in [3.8, 4) is 11.5 Å². The second kappa shape index (κ2) is 7.97. The molecule has 1 aromatic carbocycles. The molecule has 2 N–H and O–H groups in total. The Balaban J connectivity index is 1.59. The lowest BCUT2D eigenvalue weighted by Crippen LogP contribution is -2.12. The highest BCUT2D eigenvalue weighted by Crippen LogP contribution is 2.29. The third-order valence-electron chi connectivity index (χ3n) is 4.81. The van der Waals surface area contributed by atoms with Gasteiger partial charge in [-0.05, 0) is 37.0 Å². The molecule has 0 bridgehead atoms. The van der Waals surface area contributed by atoms with Crippen LogP contribution in [0.15, 0.2) is 24.5 Å². The number of hydrogen-bond acceptors (Lipinski definition) is 7. The van der Waals surface area contributed by atoms with Gasteiger partial charge < -0.3 is 19.9 Å². The summed E-state index contributed by atoms with van der Waals surface area (Å²) >= 11 is 0. The van der Waals surface area contributed by atoms with Crippen LogP contribution in [0.4, 0.5) is 10.2 Å². The molecular weight excluding hydrogens is 365 g/mol. The largest absolute Gasteiger partial charge is 0.504 e. The maximum absolute atomic E-state index is 14.1.